The summed E-state index contributed by atoms with van der Waals surface area (Å²) < 4.78 is 0. The van der Waals surface area contributed by atoms with Gasteiger partial charge in [-0.2, -0.15) is 0 Å². The minimum Gasteiger partial charge on any atom is -0.308 e. The Morgan fingerprint density at radius 1 is 1.33 bits per heavy atom. The van der Waals surface area contributed by atoms with E-state index in [9.17, 15) is 0 Å². The molecule has 0 spiro atoms. The minimum absolute atomic E-state index is 0.693. The lowest BCUT2D eigenvalue weighted by Gasteiger charge is -2.03. The second-order valence-electron chi connectivity index (χ2n) is 2.51. The number of rotatable bonds is 3. The molecule has 66 valence electrons. The van der Waals surface area contributed by atoms with Gasteiger partial charge >= 0.3 is 0 Å². The van der Waals surface area contributed by atoms with Crippen molar-refractivity contribution in [2.45, 2.75) is 26.7 Å². The smallest absolute Gasteiger partial charge is 0.143 e. The molecule has 0 bridgehead atoms. The number of aryl methyl sites for hydroxylation is 2. The molecule has 0 saturated heterocycles. The standard InChI is InChI=1S/C8H14N4/c1-3-6-5-8(12-9)11-7(4-2)10-6/h5H,3-4,9H2,1-2H3,(H,10,11,12). The summed E-state index contributed by atoms with van der Waals surface area (Å²) in [6.45, 7) is 4.08. The number of aromatic nitrogens is 2. The molecule has 0 aromatic carbocycles. The third-order valence-corrected chi connectivity index (χ3v) is 1.65. The zero-order valence-corrected chi connectivity index (χ0v) is 7.46. The van der Waals surface area contributed by atoms with Gasteiger partial charge in [-0.1, -0.05) is 13.8 Å². The fraction of sp³-hybridized carbons (Fsp3) is 0.500. The third kappa shape index (κ3) is 1.92. The molecular formula is C8H14N4. The lowest BCUT2D eigenvalue weighted by Crippen LogP contribution is -2.11. The number of anilines is 1. The van der Waals surface area contributed by atoms with Crippen LogP contribution in [0.5, 0.6) is 0 Å². The summed E-state index contributed by atoms with van der Waals surface area (Å²) in [5.74, 6) is 6.79. The Bertz CT molecular complexity index is 204. The lowest BCUT2D eigenvalue weighted by atomic mass is 10.3. The van der Waals surface area contributed by atoms with Crippen LogP contribution in [0, 0.1) is 0 Å². The quantitative estimate of drug-likeness (QED) is 0.517. The molecule has 3 N–H and O–H groups in total. The van der Waals surface area contributed by atoms with Gasteiger partial charge in [0.2, 0.25) is 0 Å². The van der Waals surface area contributed by atoms with Gasteiger partial charge in [0.25, 0.3) is 0 Å². The fourth-order valence-corrected chi connectivity index (χ4v) is 0.965. The molecule has 4 nitrogen and oxygen atoms in total. The van der Waals surface area contributed by atoms with Crippen molar-refractivity contribution >= 4 is 5.82 Å². The summed E-state index contributed by atoms with van der Waals surface area (Å²) in [5, 5.41) is 0. The van der Waals surface area contributed by atoms with Crippen molar-refractivity contribution in [3.8, 4) is 0 Å². The van der Waals surface area contributed by atoms with Gasteiger partial charge < -0.3 is 5.43 Å². The SMILES string of the molecule is CCc1cc(NN)nc(CC)n1. The summed E-state index contributed by atoms with van der Waals surface area (Å²) in [6.07, 6.45) is 1.74. The summed E-state index contributed by atoms with van der Waals surface area (Å²) >= 11 is 0. The molecule has 0 aliphatic rings. The molecule has 1 rings (SSSR count). The maximum atomic E-state index is 5.26. The van der Waals surface area contributed by atoms with Crippen LogP contribution in [0.3, 0.4) is 0 Å². The van der Waals surface area contributed by atoms with Crippen LogP contribution in [0.4, 0.5) is 5.82 Å². The van der Waals surface area contributed by atoms with Crippen molar-refractivity contribution in [2.75, 3.05) is 5.43 Å². The zero-order chi connectivity index (χ0) is 8.97. The Hall–Kier alpha value is -1.16. The van der Waals surface area contributed by atoms with Crippen molar-refractivity contribution < 1.29 is 0 Å². The molecule has 4 heteroatoms. The van der Waals surface area contributed by atoms with E-state index >= 15 is 0 Å². The minimum atomic E-state index is 0.693. The maximum Gasteiger partial charge on any atom is 0.143 e. The first-order valence-electron chi connectivity index (χ1n) is 4.13. The van der Waals surface area contributed by atoms with Crippen LogP contribution >= 0.6 is 0 Å². The molecule has 12 heavy (non-hydrogen) atoms. The first-order chi connectivity index (χ1) is 5.80. The number of nitrogens with zero attached hydrogens (tertiary/aromatic N) is 2. The van der Waals surface area contributed by atoms with E-state index in [0.717, 1.165) is 24.4 Å². The first kappa shape index (κ1) is 8.93. The molecule has 0 radical (unpaired) electrons. The molecule has 1 heterocycles. The van der Waals surface area contributed by atoms with Crippen molar-refractivity contribution in [2.24, 2.45) is 5.84 Å². The summed E-state index contributed by atoms with van der Waals surface area (Å²) in [4.78, 5) is 8.48. The molecule has 0 aliphatic heterocycles. The summed E-state index contributed by atoms with van der Waals surface area (Å²) in [6, 6.07) is 1.86. The molecule has 1 aromatic rings. The Morgan fingerprint density at radius 3 is 2.58 bits per heavy atom. The zero-order valence-electron chi connectivity index (χ0n) is 7.46. The van der Waals surface area contributed by atoms with Crippen LogP contribution in [0.2, 0.25) is 0 Å². The van der Waals surface area contributed by atoms with E-state index < -0.39 is 0 Å². The Kier molecular flexibility index (Phi) is 2.99. The normalized spacial score (nSPS) is 9.92. The second kappa shape index (κ2) is 4.01. The highest BCUT2D eigenvalue weighted by atomic mass is 15.3. The Morgan fingerprint density at radius 2 is 2.08 bits per heavy atom. The number of nitrogens with one attached hydrogen (secondary N) is 1. The molecule has 0 unspecified atom stereocenters. The van der Waals surface area contributed by atoms with Crippen LogP contribution in [0.25, 0.3) is 0 Å². The van der Waals surface area contributed by atoms with Crippen LogP contribution in [0.15, 0.2) is 6.07 Å². The maximum absolute atomic E-state index is 5.26. The topological polar surface area (TPSA) is 63.8 Å². The van der Waals surface area contributed by atoms with Gasteiger partial charge in [-0.15, -0.1) is 0 Å². The lowest BCUT2D eigenvalue weighted by molar-refractivity contribution is 0.887. The van der Waals surface area contributed by atoms with E-state index in [-0.39, 0.29) is 0 Å². The third-order valence-electron chi connectivity index (χ3n) is 1.65. The van der Waals surface area contributed by atoms with Gasteiger partial charge in [0.1, 0.15) is 11.6 Å². The van der Waals surface area contributed by atoms with Crippen molar-refractivity contribution in [1.29, 1.82) is 0 Å². The summed E-state index contributed by atoms with van der Waals surface area (Å²) in [7, 11) is 0. The van der Waals surface area contributed by atoms with E-state index in [0.29, 0.717) is 5.82 Å². The highest BCUT2D eigenvalue weighted by molar-refractivity contribution is 5.34. The highest BCUT2D eigenvalue weighted by Crippen LogP contribution is 2.06. The molecule has 0 fully saturated rings. The average molecular weight is 166 g/mol. The van der Waals surface area contributed by atoms with E-state index in [4.69, 9.17) is 5.84 Å². The van der Waals surface area contributed by atoms with E-state index in [1.807, 2.05) is 13.0 Å². The van der Waals surface area contributed by atoms with Crippen LogP contribution in [-0.2, 0) is 12.8 Å². The van der Waals surface area contributed by atoms with E-state index in [1.54, 1.807) is 0 Å². The molecule has 0 aliphatic carbocycles. The average Bonchev–Trinajstić information content (AvgIpc) is 2.16. The number of hydrazine groups is 1. The molecule has 0 saturated carbocycles. The Balaban J connectivity index is 3.01. The van der Waals surface area contributed by atoms with E-state index in [2.05, 4.69) is 22.3 Å². The predicted octanol–water partition coefficient (Wildman–Crippen LogP) is 0.887. The monoisotopic (exact) mass is 166 g/mol. The first-order valence-corrected chi connectivity index (χ1v) is 4.13. The van der Waals surface area contributed by atoms with Crippen LogP contribution in [0.1, 0.15) is 25.4 Å². The van der Waals surface area contributed by atoms with Gasteiger partial charge in [-0.3, -0.25) is 0 Å². The van der Waals surface area contributed by atoms with Gasteiger partial charge in [0.05, 0.1) is 0 Å². The van der Waals surface area contributed by atoms with Gasteiger partial charge in [-0.05, 0) is 6.42 Å². The predicted molar refractivity (Wildman–Crippen MR) is 48.6 cm³/mol. The van der Waals surface area contributed by atoms with Crippen LogP contribution in [-0.4, -0.2) is 9.97 Å². The largest absolute Gasteiger partial charge is 0.308 e. The molecule has 0 amide bonds. The fourth-order valence-electron chi connectivity index (χ4n) is 0.965. The van der Waals surface area contributed by atoms with Crippen LogP contribution < -0.4 is 11.3 Å². The van der Waals surface area contributed by atoms with Gasteiger partial charge in [0.15, 0.2) is 0 Å². The highest BCUT2D eigenvalue weighted by Gasteiger charge is 1.99. The number of nitrogens with two attached hydrogens (primary N) is 1. The number of hydrogen-bond acceptors (Lipinski definition) is 4. The summed E-state index contributed by atoms with van der Waals surface area (Å²) in [5.41, 5.74) is 3.55. The van der Waals surface area contributed by atoms with Crippen molar-refractivity contribution in [1.82, 2.24) is 9.97 Å². The van der Waals surface area contributed by atoms with Gasteiger partial charge in [0, 0.05) is 18.2 Å². The molecular weight excluding hydrogens is 152 g/mol. The number of hydrogen-bond donors (Lipinski definition) is 2. The van der Waals surface area contributed by atoms with E-state index in [1.165, 1.54) is 0 Å². The molecule has 1 aromatic heterocycles. The number of nitrogen functional groups attached to an aromatic ring is 1. The van der Waals surface area contributed by atoms with Crippen molar-refractivity contribution in [3.05, 3.63) is 17.6 Å². The molecule has 0 atom stereocenters. The Labute approximate surface area is 72.2 Å². The van der Waals surface area contributed by atoms with Gasteiger partial charge in [-0.25, -0.2) is 15.8 Å². The van der Waals surface area contributed by atoms with Crippen molar-refractivity contribution in [3.63, 3.8) is 0 Å². The second-order valence-corrected chi connectivity index (χ2v) is 2.51.